The van der Waals surface area contributed by atoms with Gasteiger partial charge < -0.3 is 0 Å². The molecule has 0 aromatic heterocycles. The van der Waals surface area contributed by atoms with Crippen LogP contribution in [0.25, 0.3) is 0 Å². The summed E-state index contributed by atoms with van der Waals surface area (Å²) in [6.45, 7) is 0. The molecule has 2 unspecified atom stereocenters. The van der Waals surface area contributed by atoms with Crippen LogP contribution >= 0.6 is 11.8 Å². The highest BCUT2D eigenvalue weighted by molar-refractivity contribution is 7.99. The first kappa shape index (κ1) is 9.70. The van der Waals surface area contributed by atoms with Crippen LogP contribution in [0.4, 0.5) is 0 Å². The van der Waals surface area contributed by atoms with E-state index in [1.165, 1.54) is 29.1 Å². The van der Waals surface area contributed by atoms with Crippen molar-refractivity contribution in [2.45, 2.75) is 29.7 Å². The number of hydrogen-bond acceptors (Lipinski definition) is 3. The highest BCUT2D eigenvalue weighted by Gasteiger charge is 2.39. The topological polar surface area (TPSA) is 38.0 Å². The minimum atomic E-state index is 0.487. The summed E-state index contributed by atoms with van der Waals surface area (Å²) in [5, 5.41) is 0. The zero-order valence-corrected chi connectivity index (χ0v) is 9.46. The molecule has 3 heteroatoms. The predicted octanol–water partition coefficient (Wildman–Crippen LogP) is 2.12. The SMILES string of the molecule is NNC(C1CC1)C1CSc2ccccc21. The fourth-order valence-electron chi connectivity index (χ4n) is 2.52. The van der Waals surface area contributed by atoms with Gasteiger partial charge in [-0.2, -0.15) is 0 Å². The largest absolute Gasteiger partial charge is 0.271 e. The predicted molar refractivity (Wildman–Crippen MR) is 63.7 cm³/mol. The highest BCUT2D eigenvalue weighted by Crippen LogP contribution is 2.46. The van der Waals surface area contributed by atoms with E-state index in [4.69, 9.17) is 5.84 Å². The van der Waals surface area contributed by atoms with Gasteiger partial charge in [-0.25, -0.2) is 0 Å². The van der Waals surface area contributed by atoms with E-state index in [1.54, 1.807) is 0 Å². The van der Waals surface area contributed by atoms with Crippen LogP contribution in [0, 0.1) is 5.92 Å². The average molecular weight is 220 g/mol. The normalized spacial score (nSPS) is 26.3. The molecular weight excluding hydrogens is 204 g/mol. The van der Waals surface area contributed by atoms with E-state index in [9.17, 15) is 0 Å². The molecule has 1 aromatic carbocycles. The summed E-state index contributed by atoms with van der Waals surface area (Å²) in [7, 11) is 0. The fraction of sp³-hybridized carbons (Fsp3) is 0.500. The molecule has 0 amide bonds. The van der Waals surface area contributed by atoms with Gasteiger partial charge in [0.1, 0.15) is 0 Å². The first-order chi connectivity index (χ1) is 7.40. The molecule has 3 rings (SSSR count). The van der Waals surface area contributed by atoms with Gasteiger partial charge >= 0.3 is 0 Å². The first-order valence-corrected chi connectivity index (χ1v) is 6.56. The minimum Gasteiger partial charge on any atom is -0.271 e. The number of nitrogens with one attached hydrogen (secondary N) is 1. The van der Waals surface area contributed by atoms with E-state index in [1.807, 2.05) is 11.8 Å². The van der Waals surface area contributed by atoms with Gasteiger partial charge in [-0.1, -0.05) is 18.2 Å². The number of thioether (sulfide) groups is 1. The maximum atomic E-state index is 5.69. The van der Waals surface area contributed by atoms with E-state index in [0.717, 1.165) is 5.92 Å². The number of hydrogen-bond donors (Lipinski definition) is 2. The molecule has 80 valence electrons. The van der Waals surface area contributed by atoms with Crippen LogP contribution < -0.4 is 11.3 Å². The van der Waals surface area contributed by atoms with E-state index in [-0.39, 0.29) is 0 Å². The lowest BCUT2D eigenvalue weighted by molar-refractivity contribution is 0.420. The Bertz CT molecular complexity index is 362. The molecular formula is C12H16N2S. The monoisotopic (exact) mass is 220 g/mol. The average Bonchev–Trinajstić information content (AvgIpc) is 3.01. The van der Waals surface area contributed by atoms with Crippen molar-refractivity contribution in [1.29, 1.82) is 0 Å². The van der Waals surface area contributed by atoms with Crippen LogP contribution in [0.15, 0.2) is 29.2 Å². The molecule has 1 aliphatic heterocycles. The Morgan fingerprint density at radius 2 is 2.13 bits per heavy atom. The molecule has 3 N–H and O–H groups in total. The zero-order chi connectivity index (χ0) is 10.3. The fourth-order valence-corrected chi connectivity index (χ4v) is 3.83. The molecule has 15 heavy (non-hydrogen) atoms. The van der Waals surface area contributed by atoms with Gasteiger partial charge in [0.25, 0.3) is 0 Å². The van der Waals surface area contributed by atoms with Crippen molar-refractivity contribution in [3.63, 3.8) is 0 Å². The van der Waals surface area contributed by atoms with Gasteiger partial charge in [0, 0.05) is 22.6 Å². The third kappa shape index (κ3) is 1.69. The summed E-state index contributed by atoms with van der Waals surface area (Å²) in [6.07, 6.45) is 2.69. The summed E-state index contributed by atoms with van der Waals surface area (Å²) in [5.41, 5.74) is 4.53. The number of fused-ring (bicyclic) bond motifs is 1. The lowest BCUT2D eigenvalue weighted by Gasteiger charge is -2.22. The highest BCUT2D eigenvalue weighted by atomic mass is 32.2. The summed E-state index contributed by atoms with van der Waals surface area (Å²) < 4.78 is 0. The van der Waals surface area contributed by atoms with E-state index in [0.29, 0.717) is 12.0 Å². The Kier molecular flexibility index (Phi) is 2.47. The summed E-state index contributed by atoms with van der Waals surface area (Å²) in [5.74, 6) is 8.30. The molecule has 1 aliphatic carbocycles. The Morgan fingerprint density at radius 1 is 1.33 bits per heavy atom. The zero-order valence-electron chi connectivity index (χ0n) is 8.65. The van der Waals surface area contributed by atoms with Crippen molar-refractivity contribution in [2.24, 2.45) is 11.8 Å². The third-order valence-corrected chi connectivity index (χ3v) is 4.70. The quantitative estimate of drug-likeness (QED) is 0.605. The molecule has 1 fully saturated rings. The second-order valence-electron chi connectivity index (χ2n) is 4.49. The van der Waals surface area contributed by atoms with Gasteiger partial charge in [0.15, 0.2) is 0 Å². The second-order valence-corrected chi connectivity index (χ2v) is 5.55. The van der Waals surface area contributed by atoms with Crippen molar-refractivity contribution in [3.05, 3.63) is 29.8 Å². The van der Waals surface area contributed by atoms with Crippen molar-refractivity contribution in [1.82, 2.24) is 5.43 Å². The smallest absolute Gasteiger partial charge is 0.0315 e. The van der Waals surface area contributed by atoms with Crippen molar-refractivity contribution in [3.8, 4) is 0 Å². The van der Waals surface area contributed by atoms with Gasteiger partial charge in [-0.15, -0.1) is 11.8 Å². The summed E-state index contributed by atoms with van der Waals surface area (Å²) in [6, 6.07) is 9.22. The molecule has 2 atom stereocenters. The van der Waals surface area contributed by atoms with Crippen LogP contribution in [0.5, 0.6) is 0 Å². The Morgan fingerprint density at radius 3 is 2.87 bits per heavy atom. The second kappa shape index (κ2) is 3.81. The third-order valence-electron chi connectivity index (χ3n) is 3.49. The number of nitrogens with two attached hydrogens (primary N) is 1. The molecule has 2 nitrogen and oxygen atoms in total. The molecule has 0 spiro atoms. The van der Waals surface area contributed by atoms with Gasteiger partial charge in [0.05, 0.1) is 0 Å². The standard InChI is InChI=1S/C12H16N2S/c13-14-12(8-5-6-8)10-7-15-11-4-2-1-3-9(10)11/h1-4,8,10,12,14H,5-7,13H2. The van der Waals surface area contributed by atoms with E-state index >= 15 is 0 Å². The summed E-state index contributed by atoms with van der Waals surface area (Å²) >= 11 is 1.97. The molecule has 2 aliphatic rings. The van der Waals surface area contributed by atoms with Crippen molar-refractivity contribution >= 4 is 11.8 Å². The number of benzene rings is 1. The van der Waals surface area contributed by atoms with E-state index in [2.05, 4.69) is 29.7 Å². The van der Waals surface area contributed by atoms with Crippen LogP contribution in [-0.2, 0) is 0 Å². The van der Waals surface area contributed by atoms with Gasteiger partial charge in [-0.05, 0) is 30.4 Å². The lowest BCUT2D eigenvalue weighted by Crippen LogP contribution is -2.41. The van der Waals surface area contributed by atoms with E-state index < -0.39 is 0 Å². The van der Waals surface area contributed by atoms with Gasteiger partial charge in [0.2, 0.25) is 0 Å². The Balaban J connectivity index is 1.88. The molecule has 0 saturated heterocycles. The molecule has 1 saturated carbocycles. The first-order valence-electron chi connectivity index (χ1n) is 5.58. The van der Waals surface area contributed by atoms with Crippen LogP contribution in [0.1, 0.15) is 24.3 Å². The number of hydrazine groups is 1. The Hall–Kier alpha value is -0.510. The minimum absolute atomic E-state index is 0.487. The molecule has 0 radical (unpaired) electrons. The number of rotatable bonds is 3. The summed E-state index contributed by atoms with van der Waals surface area (Å²) in [4.78, 5) is 1.45. The Labute approximate surface area is 94.6 Å². The maximum absolute atomic E-state index is 5.69. The van der Waals surface area contributed by atoms with Crippen molar-refractivity contribution < 1.29 is 0 Å². The molecule has 0 bridgehead atoms. The maximum Gasteiger partial charge on any atom is 0.0315 e. The lowest BCUT2D eigenvalue weighted by atomic mass is 9.91. The van der Waals surface area contributed by atoms with Crippen LogP contribution in [0.2, 0.25) is 0 Å². The molecule has 1 heterocycles. The van der Waals surface area contributed by atoms with Crippen molar-refractivity contribution in [2.75, 3.05) is 5.75 Å². The van der Waals surface area contributed by atoms with Crippen LogP contribution in [-0.4, -0.2) is 11.8 Å². The molecule has 1 aromatic rings. The van der Waals surface area contributed by atoms with Crippen LogP contribution in [0.3, 0.4) is 0 Å². The van der Waals surface area contributed by atoms with Gasteiger partial charge in [-0.3, -0.25) is 11.3 Å².